The third-order valence-electron chi connectivity index (χ3n) is 3.36. The molecule has 4 N–H and O–H groups in total. The number of amides is 4. The van der Waals surface area contributed by atoms with Gasteiger partial charge in [-0.1, -0.05) is 0 Å². The van der Waals surface area contributed by atoms with Crippen LogP contribution >= 0.6 is 0 Å². The first-order valence-electron chi connectivity index (χ1n) is 9.37. The molecule has 0 fully saturated rings. The van der Waals surface area contributed by atoms with Crippen molar-refractivity contribution in [3.05, 3.63) is 0 Å². The smallest absolute Gasteiger partial charge is 0.234 e. The summed E-state index contributed by atoms with van der Waals surface area (Å²) in [5.41, 5.74) is 0. The van der Waals surface area contributed by atoms with Crippen molar-refractivity contribution in [2.24, 2.45) is 0 Å². The largest absolute Gasteiger partial charge is 0.355 e. The normalized spacial score (nSPS) is 10.6. The second-order valence-electron chi connectivity index (χ2n) is 5.93. The molecule has 10 heteroatoms. The monoisotopic (exact) mass is 386 g/mol. The highest BCUT2D eigenvalue weighted by molar-refractivity contribution is 5.82. The minimum atomic E-state index is -0.224. The van der Waals surface area contributed by atoms with E-state index in [1.807, 2.05) is 27.7 Å². The summed E-state index contributed by atoms with van der Waals surface area (Å²) >= 11 is 0. The van der Waals surface area contributed by atoms with Crippen LogP contribution in [0.4, 0.5) is 0 Å². The molecule has 0 spiro atoms. The Bertz CT molecular complexity index is 404. The van der Waals surface area contributed by atoms with Gasteiger partial charge in [-0.15, -0.1) is 0 Å². The van der Waals surface area contributed by atoms with Gasteiger partial charge in [0.25, 0.3) is 0 Å². The number of carbonyl (C=O) groups is 4. The lowest BCUT2D eigenvalue weighted by molar-refractivity contribution is -0.127. The van der Waals surface area contributed by atoms with Crippen molar-refractivity contribution in [2.75, 3.05) is 59.0 Å². The van der Waals surface area contributed by atoms with Crippen LogP contribution in [-0.2, 0) is 19.2 Å². The van der Waals surface area contributed by atoms with E-state index >= 15 is 0 Å². The van der Waals surface area contributed by atoms with Crippen molar-refractivity contribution in [1.82, 2.24) is 31.1 Å². The van der Waals surface area contributed by atoms with Gasteiger partial charge in [0.1, 0.15) is 0 Å². The molecule has 0 saturated carbocycles. The van der Waals surface area contributed by atoms with Gasteiger partial charge in [-0.3, -0.25) is 29.0 Å². The lowest BCUT2D eigenvalue weighted by Crippen LogP contribution is -2.51. The van der Waals surface area contributed by atoms with Crippen LogP contribution in [0.5, 0.6) is 0 Å². The SMILES string of the molecule is CCNC(=O)CN(CC(=O)NCC)CN(CC(=O)NCC)CC(=O)NCC. The zero-order valence-electron chi connectivity index (χ0n) is 16.9. The highest BCUT2D eigenvalue weighted by Crippen LogP contribution is 1.97. The fourth-order valence-corrected chi connectivity index (χ4v) is 2.42. The molecule has 0 radical (unpaired) electrons. The van der Waals surface area contributed by atoms with Crippen LogP contribution < -0.4 is 21.3 Å². The Morgan fingerprint density at radius 2 is 0.741 bits per heavy atom. The van der Waals surface area contributed by atoms with Crippen molar-refractivity contribution in [1.29, 1.82) is 0 Å². The van der Waals surface area contributed by atoms with Gasteiger partial charge in [0.05, 0.1) is 32.8 Å². The number of likely N-dealkylation sites (N-methyl/N-ethyl adjacent to an activating group) is 4. The fourth-order valence-electron chi connectivity index (χ4n) is 2.42. The summed E-state index contributed by atoms with van der Waals surface area (Å²) in [7, 11) is 0. The molecule has 0 aliphatic heterocycles. The van der Waals surface area contributed by atoms with Crippen molar-refractivity contribution in [3.63, 3.8) is 0 Å². The Balaban J connectivity index is 5.13. The van der Waals surface area contributed by atoms with Crippen LogP contribution in [0.15, 0.2) is 0 Å². The van der Waals surface area contributed by atoms with Gasteiger partial charge >= 0.3 is 0 Å². The van der Waals surface area contributed by atoms with E-state index in [9.17, 15) is 19.2 Å². The van der Waals surface area contributed by atoms with Crippen LogP contribution in [0.3, 0.4) is 0 Å². The summed E-state index contributed by atoms with van der Waals surface area (Å²) in [6.07, 6.45) is 0. The maximum atomic E-state index is 12.0. The predicted molar refractivity (Wildman–Crippen MR) is 103 cm³/mol. The van der Waals surface area contributed by atoms with E-state index in [0.717, 1.165) is 0 Å². The molecule has 0 aliphatic rings. The molecule has 4 amide bonds. The van der Waals surface area contributed by atoms with Crippen molar-refractivity contribution < 1.29 is 19.2 Å². The van der Waals surface area contributed by atoms with Crippen LogP contribution in [0.2, 0.25) is 0 Å². The molecule has 0 heterocycles. The highest BCUT2D eigenvalue weighted by Gasteiger charge is 2.21. The lowest BCUT2D eigenvalue weighted by atomic mass is 10.4. The van der Waals surface area contributed by atoms with E-state index in [-0.39, 0.29) is 56.5 Å². The van der Waals surface area contributed by atoms with Gasteiger partial charge in [0.15, 0.2) is 0 Å². The van der Waals surface area contributed by atoms with E-state index in [2.05, 4.69) is 21.3 Å². The molecule has 0 aromatic rings. The molecular weight excluding hydrogens is 352 g/mol. The molecule has 27 heavy (non-hydrogen) atoms. The highest BCUT2D eigenvalue weighted by atomic mass is 16.2. The number of hydrogen-bond donors (Lipinski definition) is 4. The standard InChI is InChI=1S/C17H34N6O4/c1-5-18-14(24)9-22(10-15(25)19-6-2)13-23(11-16(26)20-7-3)12-17(27)21-8-4/h5-13H2,1-4H3,(H,18,24)(H,19,25)(H,20,26)(H,21,27). The lowest BCUT2D eigenvalue weighted by Gasteiger charge is -2.29. The van der Waals surface area contributed by atoms with E-state index in [1.165, 1.54) is 0 Å². The molecule has 0 aliphatic carbocycles. The first-order valence-corrected chi connectivity index (χ1v) is 9.37. The van der Waals surface area contributed by atoms with Gasteiger partial charge in [-0.05, 0) is 27.7 Å². The van der Waals surface area contributed by atoms with Gasteiger partial charge in [0.2, 0.25) is 23.6 Å². The molecule has 0 saturated heterocycles. The zero-order valence-corrected chi connectivity index (χ0v) is 16.9. The molecule has 0 unspecified atom stereocenters. The average molecular weight is 386 g/mol. The van der Waals surface area contributed by atoms with Crippen LogP contribution in [0.1, 0.15) is 27.7 Å². The molecule has 0 atom stereocenters. The molecular formula is C17H34N6O4. The second-order valence-corrected chi connectivity index (χ2v) is 5.93. The van der Waals surface area contributed by atoms with Crippen molar-refractivity contribution in [2.45, 2.75) is 27.7 Å². The van der Waals surface area contributed by atoms with Crippen molar-refractivity contribution in [3.8, 4) is 0 Å². The van der Waals surface area contributed by atoms with Gasteiger partial charge in [-0.25, -0.2) is 0 Å². The minimum Gasteiger partial charge on any atom is -0.355 e. The summed E-state index contributed by atoms with van der Waals surface area (Å²) in [6, 6.07) is 0. The number of nitrogens with one attached hydrogen (secondary N) is 4. The average Bonchev–Trinajstić information content (AvgIpc) is 2.55. The van der Waals surface area contributed by atoms with Gasteiger partial charge in [-0.2, -0.15) is 0 Å². The Kier molecular flexibility index (Phi) is 13.7. The predicted octanol–water partition coefficient (Wildman–Crippen LogP) is -1.91. The Morgan fingerprint density at radius 1 is 0.519 bits per heavy atom. The zero-order chi connectivity index (χ0) is 20.7. The molecule has 0 aromatic carbocycles. The first-order chi connectivity index (χ1) is 12.9. The molecule has 0 bridgehead atoms. The van der Waals surface area contributed by atoms with E-state index in [1.54, 1.807) is 9.80 Å². The van der Waals surface area contributed by atoms with E-state index in [4.69, 9.17) is 0 Å². The van der Waals surface area contributed by atoms with Crippen LogP contribution in [0, 0.1) is 0 Å². The minimum absolute atomic E-state index is 0.00767. The maximum Gasteiger partial charge on any atom is 0.234 e. The number of carbonyl (C=O) groups excluding carboxylic acids is 4. The summed E-state index contributed by atoms with van der Waals surface area (Å²) in [6.45, 7) is 9.26. The molecule has 0 aromatic heterocycles. The Labute approximate surface area is 161 Å². The quantitative estimate of drug-likeness (QED) is 0.259. The first kappa shape index (κ1) is 24.8. The maximum absolute atomic E-state index is 12.0. The Morgan fingerprint density at radius 3 is 0.926 bits per heavy atom. The summed E-state index contributed by atoms with van der Waals surface area (Å²) in [5.74, 6) is -0.897. The van der Waals surface area contributed by atoms with Crippen LogP contribution in [0.25, 0.3) is 0 Å². The number of hydrogen-bond acceptors (Lipinski definition) is 6. The summed E-state index contributed by atoms with van der Waals surface area (Å²) in [4.78, 5) is 51.1. The van der Waals surface area contributed by atoms with E-state index < -0.39 is 0 Å². The second kappa shape index (κ2) is 14.9. The Hall–Kier alpha value is -2.20. The van der Waals surface area contributed by atoms with E-state index in [0.29, 0.717) is 26.2 Å². The van der Waals surface area contributed by atoms with Gasteiger partial charge in [0, 0.05) is 26.2 Å². The van der Waals surface area contributed by atoms with Crippen LogP contribution in [-0.4, -0.2) is 92.5 Å². The van der Waals surface area contributed by atoms with Gasteiger partial charge < -0.3 is 21.3 Å². The fraction of sp³-hybridized carbons (Fsp3) is 0.765. The molecule has 156 valence electrons. The third kappa shape index (κ3) is 12.7. The van der Waals surface area contributed by atoms with Crippen molar-refractivity contribution >= 4 is 23.6 Å². The third-order valence-corrected chi connectivity index (χ3v) is 3.36. The molecule has 10 nitrogen and oxygen atoms in total. The molecule has 0 rings (SSSR count). The summed E-state index contributed by atoms with van der Waals surface area (Å²) < 4.78 is 0. The number of rotatable bonds is 14. The number of nitrogens with zero attached hydrogens (tertiary/aromatic N) is 2. The topological polar surface area (TPSA) is 123 Å². The summed E-state index contributed by atoms with van der Waals surface area (Å²) in [5, 5.41) is 10.7.